The molecule has 0 saturated heterocycles. The molecule has 0 aliphatic heterocycles. The summed E-state index contributed by atoms with van der Waals surface area (Å²) in [6, 6.07) is 8.27. The van der Waals surface area contributed by atoms with E-state index in [0.29, 0.717) is 22.2 Å². The molecule has 2 rings (SSSR count). The molecule has 0 aliphatic rings. The van der Waals surface area contributed by atoms with Crippen LogP contribution in [0.1, 0.15) is 15.2 Å². The van der Waals surface area contributed by atoms with Gasteiger partial charge in [-0.2, -0.15) is 8.78 Å². The van der Waals surface area contributed by atoms with Gasteiger partial charge in [-0.1, -0.05) is 17.8 Å². The molecule has 0 bridgehead atoms. The number of benzene rings is 1. The van der Waals surface area contributed by atoms with E-state index in [1.165, 1.54) is 42.7 Å². The second-order valence-corrected chi connectivity index (χ2v) is 5.97. The van der Waals surface area contributed by atoms with Crippen LogP contribution in [-0.2, 0) is 0 Å². The predicted octanol–water partition coefficient (Wildman–Crippen LogP) is 4.97. The summed E-state index contributed by atoms with van der Waals surface area (Å²) in [5, 5.41) is 1.92. The Kier molecular flexibility index (Phi) is 5.52. The average Bonchev–Trinajstić information content (AvgIpc) is 2.98. The lowest BCUT2D eigenvalue weighted by Gasteiger charge is -2.08. The zero-order valence-electron chi connectivity index (χ0n) is 11.1. The van der Waals surface area contributed by atoms with Crippen LogP contribution in [0.3, 0.4) is 0 Å². The standard InChI is InChI=1S/C15H12F2O2S2/c1-19-13-9-10(4-7-14(13)21-15(16)17)12(18)6-5-11-3-2-8-20-11/h2-9,15H,1H3. The molecule has 0 unspecified atom stereocenters. The van der Waals surface area contributed by atoms with Crippen molar-refractivity contribution in [3.05, 3.63) is 52.2 Å². The summed E-state index contributed by atoms with van der Waals surface area (Å²) >= 11 is 1.92. The number of thiophene rings is 1. The number of rotatable bonds is 6. The molecule has 0 spiro atoms. The number of methoxy groups -OCH3 is 1. The van der Waals surface area contributed by atoms with Gasteiger partial charge in [-0.15, -0.1) is 11.3 Å². The number of allylic oxidation sites excluding steroid dienone is 1. The molecule has 0 amide bonds. The number of carbonyl (C=O) groups is 1. The maximum Gasteiger partial charge on any atom is 0.289 e. The number of hydrogen-bond donors (Lipinski definition) is 0. The fourth-order valence-corrected chi connectivity index (χ4v) is 2.87. The molecule has 0 N–H and O–H groups in total. The van der Waals surface area contributed by atoms with Gasteiger partial charge in [0.15, 0.2) is 5.78 Å². The summed E-state index contributed by atoms with van der Waals surface area (Å²) in [6.45, 7) is 0. The van der Waals surface area contributed by atoms with E-state index in [1.54, 1.807) is 6.08 Å². The number of alkyl halides is 2. The number of halogens is 2. The molecule has 0 radical (unpaired) electrons. The van der Waals surface area contributed by atoms with Gasteiger partial charge in [-0.25, -0.2) is 0 Å². The van der Waals surface area contributed by atoms with Crippen molar-refractivity contribution >= 4 is 35.0 Å². The minimum atomic E-state index is -2.53. The summed E-state index contributed by atoms with van der Waals surface area (Å²) in [5.74, 6) is -2.45. The van der Waals surface area contributed by atoms with Crippen LogP contribution in [0.15, 0.2) is 46.7 Å². The Labute approximate surface area is 129 Å². The van der Waals surface area contributed by atoms with Crippen molar-refractivity contribution in [2.24, 2.45) is 0 Å². The molecule has 1 aromatic carbocycles. The summed E-state index contributed by atoms with van der Waals surface area (Å²) in [7, 11) is 1.39. The van der Waals surface area contributed by atoms with Crippen LogP contribution in [0.5, 0.6) is 5.75 Å². The lowest BCUT2D eigenvalue weighted by Crippen LogP contribution is -1.97. The maximum absolute atomic E-state index is 12.4. The lowest BCUT2D eigenvalue weighted by atomic mass is 10.1. The molecule has 0 aliphatic carbocycles. The monoisotopic (exact) mass is 326 g/mol. The molecule has 0 fully saturated rings. The second kappa shape index (κ2) is 7.38. The van der Waals surface area contributed by atoms with E-state index < -0.39 is 5.76 Å². The van der Waals surface area contributed by atoms with E-state index in [4.69, 9.17) is 4.74 Å². The third kappa shape index (κ3) is 4.41. The van der Waals surface area contributed by atoms with Crippen LogP contribution in [0.4, 0.5) is 8.78 Å². The van der Waals surface area contributed by atoms with Gasteiger partial charge in [0.2, 0.25) is 0 Å². The largest absolute Gasteiger partial charge is 0.496 e. The first-order valence-corrected chi connectivity index (χ1v) is 7.75. The number of ketones is 1. The minimum absolute atomic E-state index is 0.199. The summed E-state index contributed by atoms with van der Waals surface area (Å²) in [6.07, 6.45) is 3.18. The molecule has 2 aromatic rings. The molecular weight excluding hydrogens is 314 g/mol. The van der Waals surface area contributed by atoms with Gasteiger partial charge in [0.25, 0.3) is 5.76 Å². The van der Waals surface area contributed by atoms with Crippen LogP contribution < -0.4 is 4.74 Å². The molecule has 21 heavy (non-hydrogen) atoms. The second-order valence-electron chi connectivity index (χ2n) is 3.96. The molecular formula is C15H12F2O2S2. The fraction of sp³-hybridized carbons (Fsp3) is 0.133. The van der Waals surface area contributed by atoms with E-state index in [2.05, 4.69) is 0 Å². The molecule has 1 heterocycles. The fourth-order valence-electron chi connectivity index (χ4n) is 1.65. The maximum atomic E-state index is 12.4. The first-order chi connectivity index (χ1) is 10.1. The smallest absolute Gasteiger partial charge is 0.289 e. The van der Waals surface area contributed by atoms with Crippen molar-refractivity contribution in [2.75, 3.05) is 7.11 Å². The highest BCUT2D eigenvalue weighted by atomic mass is 32.2. The average molecular weight is 326 g/mol. The predicted molar refractivity (Wildman–Crippen MR) is 82.5 cm³/mol. The highest BCUT2D eigenvalue weighted by Gasteiger charge is 2.13. The SMILES string of the molecule is COc1cc(C(=O)C=Cc2cccs2)ccc1SC(F)F. The Morgan fingerprint density at radius 1 is 1.38 bits per heavy atom. The zero-order valence-corrected chi connectivity index (χ0v) is 12.7. The zero-order chi connectivity index (χ0) is 15.2. The van der Waals surface area contributed by atoms with Crippen LogP contribution >= 0.6 is 23.1 Å². The Morgan fingerprint density at radius 2 is 2.19 bits per heavy atom. The first-order valence-electron chi connectivity index (χ1n) is 5.99. The molecule has 6 heteroatoms. The van der Waals surface area contributed by atoms with Crippen LogP contribution in [0, 0.1) is 0 Å². The van der Waals surface area contributed by atoms with Crippen molar-refractivity contribution < 1.29 is 18.3 Å². The molecule has 1 aromatic heterocycles. The van der Waals surface area contributed by atoms with E-state index in [9.17, 15) is 13.6 Å². The van der Waals surface area contributed by atoms with Crippen molar-refractivity contribution in [1.82, 2.24) is 0 Å². The normalized spacial score (nSPS) is 11.2. The third-order valence-electron chi connectivity index (χ3n) is 2.61. The number of hydrogen-bond acceptors (Lipinski definition) is 4. The van der Waals surface area contributed by atoms with Crippen LogP contribution in [-0.4, -0.2) is 18.7 Å². The molecule has 110 valence electrons. The van der Waals surface area contributed by atoms with E-state index in [0.717, 1.165) is 4.88 Å². The molecule has 0 atom stereocenters. The van der Waals surface area contributed by atoms with Gasteiger partial charge in [0.1, 0.15) is 5.75 Å². The Bertz CT molecular complexity index is 637. The molecule has 0 saturated carbocycles. The van der Waals surface area contributed by atoms with Gasteiger partial charge in [-0.05, 0) is 41.8 Å². The van der Waals surface area contributed by atoms with Crippen LogP contribution in [0.25, 0.3) is 6.08 Å². The molecule has 2 nitrogen and oxygen atoms in total. The number of thioether (sulfide) groups is 1. The Morgan fingerprint density at radius 3 is 2.81 bits per heavy atom. The van der Waals surface area contributed by atoms with E-state index in [1.807, 2.05) is 17.5 Å². The topological polar surface area (TPSA) is 26.3 Å². The summed E-state index contributed by atoms with van der Waals surface area (Å²) in [4.78, 5) is 13.3. The third-order valence-corrected chi connectivity index (χ3v) is 4.21. The van der Waals surface area contributed by atoms with E-state index in [-0.39, 0.29) is 11.5 Å². The Balaban J connectivity index is 2.18. The summed E-state index contributed by atoms with van der Waals surface area (Å²) < 4.78 is 29.9. The van der Waals surface area contributed by atoms with Gasteiger partial charge >= 0.3 is 0 Å². The quantitative estimate of drug-likeness (QED) is 0.426. The lowest BCUT2D eigenvalue weighted by molar-refractivity contribution is 0.104. The van der Waals surface area contributed by atoms with Gasteiger partial charge in [0.05, 0.1) is 12.0 Å². The van der Waals surface area contributed by atoms with Crippen molar-refractivity contribution in [2.45, 2.75) is 10.7 Å². The number of carbonyl (C=O) groups excluding carboxylic acids is 1. The van der Waals surface area contributed by atoms with Crippen molar-refractivity contribution in [3.8, 4) is 5.75 Å². The minimum Gasteiger partial charge on any atom is -0.496 e. The van der Waals surface area contributed by atoms with Gasteiger partial charge < -0.3 is 4.74 Å². The summed E-state index contributed by atoms with van der Waals surface area (Å²) in [5.41, 5.74) is 0.401. The van der Waals surface area contributed by atoms with Crippen molar-refractivity contribution in [1.29, 1.82) is 0 Å². The van der Waals surface area contributed by atoms with Crippen LogP contribution in [0.2, 0.25) is 0 Å². The van der Waals surface area contributed by atoms with Gasteiger partial charge in [-0.3, -0.25) is 4.79 Å². The highest BCUT2D eigenvalue weighted by Crippen LogP contribution is 2.34. The number of ether oxygens (including phenoxy) is 1. The Hall–Kier alpha value is -1.66. The first kappa shape index (κ1) is 15.7. The van der Waals surface area contributed by atoms with Gasteiger partial charge in [0, 0.05) is 10.4 Å². The van der Waals surface area contributed by atoms with Crippen molar-refractivity contribution in [3.63, 3.8) is 0 Å². The van der Waals surface area contributed by atoms with E-state index >= 15 is 0 Å². The highest BCUT2D eigenvalue weighted by molar-refractivity contribution is 7.99.